The van der Waals surface area contributed by atoms with E-state index in [1.54, 1.807) is 60.4 Å². The first kappa shape index (κ1) is 27.2. The topological polar surface area (TPSA) is 78.9 Å². The van der Waals surface area contributed by atoms with Crippen molar-refractivity contribution in [3.05, 3.63) is 101 Å². The number of aliphatic hydroxyl groups is 1. The molecule has 0 spiro atoms. The predicted octanol–water partition coefficient (Wildman–Crippen LogP) is 5.26. The number of nitrogens with zero attached hydrogens (tertiary/aromatic N) is 1. The SMILES string of the molecule is CCCNC(=O)[C@@]1(C)c2ccccc2C(=O)N(Cc2ccc(OC(F)(F)F)cc2)[C@H]1c1ccc(CO)cc1. The minimum Gasteiger partial charge on any atom is -0.406 e. The molecule has 6 nitrogen and oxygen atoms in total. The lowest BCUT2D eigenvalue weighted by Crippen LogP contribution is -2.57. The molecule has 4 rings (SSSR count). The number of halogens is 3. The molecular formula is C29H29F3N2O4. The Bertz CT molecular complexity index is 1290. The number of nitrogens with one attached hydrogen (secondary N) is 1. The van der Waals surface area contributed by atoms with Gasteiger partial charge < -0.3 is 20.1 Å². The molecule has 0 saturated carbocycles. The first-order valence-electron chi connectivity index (χ1n) is 12.3. The molecule has 0 aromatic heterocycles. The Hall–Kier alpha value is -3.85. The number of benzene rings is 3. The highest BCUT2D eigenvalue weighted by Crippen LogP contribution is 2.48. The standard InChI is InChI=1S/C29H29F3N2O4/c1-3-16-33-27(37)28(2)24-7-5-4-6-23(24)26(36)34(25(28)21-12-8-20(18-35)9-13-21)17-19-10-14-22(15-11-19)38-29(30,31)32/h4-15,25,35H,3,16-18H2,1-2H3,(H,33,37)/t25-,28-/m0/s1. The number of rotatable bonds is 8. The van der Waals surface area contributed by atoms with Crippen LogP contribution in [0.15, 0.2) is 72.8 Å². The van der Waals surface area contributed by atoms with Gasteiger partial charge in [0.15, 0.2) is 0 Å². The van der Waals surface area contributed by atoms with Crippen LogP contribution in [0.1, 0.15) is 58.9 Å². The molecule has 38 heavy (non-hydrogen) atoms. The molecule has 0 unspecified atom stereocenters. The predicted molar refractivity (Wildman–Crippen MR) is 135 cm³/mol. The summed E-state index contributed by atoms with van der Waals surface area (Å²) < 4.78 is 41.8. The fraction of sp³-hybridized carbons (Fsp3) is 0.310. The summed E-state index contributed by atoms with van der Waals surface area (Å²) in [4.78, 5) is 29.3. The van der Waals surface area contributed by atoms with E-state index < -0.39 is 17.8 Å². The summed E-state index contributed by atoms with van der Waals surface area (Å²) in [6, 6.07) is 18.6. The summed E-state index contributed by atoms with van der Waals surface area (Å²) in [5.41, 5.74) is 1.75. The molecule has 1 heterocycles. The second kappa shape index (κ2) is 10.9. The highest BCUT2D eigenvalue weighted by molar-refractivity contribution is 6.03. The van der Waals surface area contributed by atoms with Crippen LogP contribution in [-0.4, -0.2) is 34.7 Å². The lowest BCUT2D eigenvalue weighted by atomic mass is 9.67. The van der Waals surface area contributed by atoms with Crippen LogP contribution in [0.2, 0.25) is 0 Å². The van der Waals surface area contributed by atoms with Crippen LogP contribution in [0.25, 0.3) is 0 Å². The zero-order valence-electron chi connectivity index (χ0n) is 21.1. The lowest BCUT2D eigenvalue weighted by Gasteiger charge is -2.48. The summed E-state index contributed by atoms with van der Waals surface area (Å²) in [5, 5.41) is 12.5. The van der Waals surface area contributed by atoms with Crippen molar-refractivity contribution in [1.29, 1.82) is 0 Å². The quantitative estimate of drug-likeness (QED) is 0.420. The van der Waals surface area contributed by atoms with Gasteiger partial charge in [-0.05, 0) is 53.8 Å². The number of fused-ring (bicyclic) bond motifs is 1. The molecule has 0 saturated heterocycles. The first-order valence-corrected chi connectivity index (χ1v) is 12.3. The normalized spacial score (nSPS) is 19.2. The van der Waals surface area contributed by atoms with E-state index in [-0.39, 0.29) is 30.7 Å². The molecule has 0 fully saturated rings. The third-order valence-corrected chi connectivity index (χ3v) is 6.83. The number of hydrogen-bond acceptors (Lipinski definition) is 4. The molecule has 2 N–H and O–H groups in total. The van der Waals surface area contributed by atoms with Gasteiger partial charge in [-0.2, -0.15) is 0 Å². The number of aliphatic hydroxyl groups excluding tert-OH is 1. The Labute approximate surface area is 219 Å². The number of ether oxygens (including phenoxy) is 1. The maximum atomic E-state index is 13.9. The smallest absolute Gasteiger partial charge is 0.406 e. The molecule has 2 atom stereocenters. The molecule has 200 valence electrons. The molecule has 2 amide bonds. The summed E-state index contributed by atoms with van der Waals surface area (Å²) in [6.07, 6.45) is -4.08. The highest BCUT2D eigenvalue weighted by Gasteiger charge is 2.53. The van der Waals surface area contributed by atoms with E-state index >= 15 is 0 Å². The summed E-state index contributed by atoms with van der Waals surface area (Å²) >= 11 is 0. The second-order valence-corrected chi connectivity index (χ2v) is 9.43. The van der Waals surface area contributed by atoms with Crippen LogP contribution in [0.3, 0.4) is 0 Å². The van der Waals surface area contributed by atoms with Gasteiger partial charge in [-0.3, -0.25) is 9.59 Å². The molecular weight excluding hydrogens is 497 g/mol. The molecule has 0 bridgehead atoms. The van der Waals surface area contributed by atoms with E-state index in [2.05, 4.69) is 10.1 Å². The molecule has 1 aliphatic heterocycles. The molecule has 3 aromatic carbocycles. The molecule has 0 aliphatic carbocycles. The van der Waals surface area contributed by atoms with Gasteiger partial charge in [-0.25, -0.2) is 0 Å². The van der Waals surface area contributed by atoms with Crippen molar-refractivity contribution in [2.24, 2.45) is 0 Å². The van der Waals surface area contributed by atoms with Crippen molar-refractivity contribution in [3.63, 3.8) is 0 Å². The number of alkyl halides is 3. The number of carbonyl (C=O) groups excluding carboxylic acids is 2. The van der Waals surface area contributed by atoms with Crippen molar-refractivity contribution in [1.82, 2.24) is 10.2 Å². The largest absolute Gasteiger partial charge is 0.573 e. The summed E-state index contributed by atoms with van der Waals surface area (Å²) in [5.74, 6) is -0.904. The van der Waals surface area contributed by atoms with E-state index in [0.29, 0.717) is 34.4 Å². The van der Waals surface area contributed by atoms with Gasteiger partial charge in [-0.15, -0.1) is 13.2 Å². The number of amides is 2. The Kier molecular flexibility index (Phi) is 7.78. The van der Waals surface area contributed by atoms with Crippen LogP contribution in [-0.2, 0) is 23.4 Å². The minimum atomic E-state index is -4.81. The van der Waals surface area contributed by atoms with Gasteiger partial charge >= 0.3 is 6.36 Å². The van der Waals surface area contributed by atoms with E-state index in [0.717, 1.165) is 6.42 Å². The Morgan fingerprint density at radius 2 is 1.66 bits per heavy atom. The first-order chi connectivity index (χ1) is 18.1. The highest BCUT2D eigenvalue weighted by atomic mass is 19.4. The van der Waals surface area contributed by atoms with Gasteiger partial charge in [0, 0.05) is 18.7 Å². The average Bonchev–Trinajstić information content (AvgIpc) is 2.90. The molecule has 0 radical (unpaired) electrons. The maximum Gasteiger partial charge on any atom is 0.573 e. The van der Waals surface area contributed by atoms with Crippen LogP contribution in [0.4, 0.5) is 13.2 Å². The third-order valence-electron chi connectivity index (χ3n) is 6.83. The van der Waals surface area contributed by atoms with Crippen molar-refractivity contribution in [2.45, 2.75) is 51.2 Å². The van der Waals surface area contributed by atoms with E-state index in [1.165, 1.54) is 24.3 Å². The fourth-order valence-corrected chi connectivity index (χ4v) is 5.00. The zero-order chi connectivity index (χ0) is 27.5. The van der Waals surface area contributed by atoms with E-state index in [9.17, 15) is 27.9 Å². The molecule has 1 aliphatic rings. The van der Waals surface area contributed by atoms with Crippen molar-refractivity contribution < 1.29 is 32.6 Å². The lowest BCUT2D eigenvalue weighted by molar-refractivity contribution is -0.274. The average molecular weight is 527 g/mol. The van der Waals surface area contributed by atoms with Gasteiger partial charge in [0.1, 0.15) is 5.75 Å². The summed E-state index contributed by atoms with van der Waals surface area (Å²) in [7, 11) is 0. The van der Waals surface area contributed by atoms with Crippen LogP contribution >= 0.6 is 0 Å². The molecule has 9 heteroatoms. The second-order valence-electron chi connectivity index (χ2n) is 9.43. The zero-order valence-corrected chi connectivity index (χ0v) is 21.1. The monoisotopic (exact) mass is 526 g/mol. The van der Waals surface area contributed by atoms with Crippen LogP contribution < -0.4 is 10.1 Å². The van der Waals surface area contributed by atoms with Gasteiger partial charge in [0.25, 0.3) is 5.91 Å². The fourth-order valence-electron chi connectivity index (χ4n) is 5.00. The number of carbonyl (C=O) groups is 2. The van der Waals surface area contributed by atoms with Crippen molar-refractivity contribution >= 4 is 11.8 Å². The van der Waals surface area contributed by atoms with Gasteiger partial charge in [-0.1, -0.05) is 61.5 Å². The Morgan fingerprint density at radius 3 is 2.26 bits per heavy atom. The van der Waals surface area contributed by atoms with Crippen LogP contribution in [0, 0.1) is 0 Å². The van der Waals surface area contributed by atoms with E-state index in [4.69, 9.17) is 0 Å². The Balaban J connectivity index is 1.83. The maximum absolute atomic E-state index is 13.9. The van der Waals surface area contributed by atoms with Gasteiger partial charge in [0.05, 0.1) is 18.1 Å². The molecule has 3 aromatic rings. The van der Waals surface area contributed by atoms with Crippen LogP contribution in [0.5, 0.6) is 5.75 Å². The van der Waals surface area contributed by atoms with Crippen molar-refractivity contribution in [3.8, 4) is 5.75 Å². The van der Waals surface area contributed by atoms with Crippen molar-refractivity contribution in [2.75, 3.05) is 6.54 Å². The van der Waals surface area contributed by atoms with Gasteiger partial charge in [0.2, 0.25) is 5.91 Å². The third kappa shape index (κ3) is 5.38. The number of hydrogen-bond donors (Lipinski definition) is 2. The Morgan fingerprint density at radius 1 is 1.03 bits per heavy atom. The van der Waals surface area contributed by atoms with E-state index in [1.807, 2.05) is 6.92 Å². The summed E-state index contributed by atoms with van der Waals surface area (Å²) in [6.45, 7) is 4.10. The minimum absolute atomic E-state index is 0.0442.